The van der Waals surface area contributed by atoms with Crippen molar-refractivity contribution in [2.45, 2.75) is 12.6 Å². The Morgan fingerprint density at radius 1 is 0.839 bits per heavy atom. The Morgan fingerprint density at radius 2 is 1.52 bits per heavy atom. The number of anilines is 1. The van der Waals surface area contributed by atoms with Gasteiger partial charge in [-0.1, -0.05) is 47.5 Å². The molecule has 4 rings (SSSR count). The van der Waals surface area contributed by atoms with E-state index in [1.807, 2.05) is 48.5 Å². The molecule has 0 saturated carbocycles. The molecule has 1 atom stereocenters. The molecule has 0 N–H and O–H groups in total. The molecule has 0 bridgehead atoms. The van der Waals surface area contributed by atoms with Crippen LogP contribution in [0.25, 0.3) is 0 Å². The molecule has 0 radical (unpaired) electrons. The molecule has 1 saturated heterocycles. The zero-order valence-corrected chi connectivity index (χ0v) is 18.3. The van der Waals surface area contributed by atoms with E-state index in [-0.39, 0.29) is 6.04 Å². The third-order valence-electron chi connectivity index (χ3n) is 5.59. The van der Waals surface area contributed by atoms with Crippen LogP contribution in [0, 0.1) is 22.7 Å². The molecule has 0 aromatic heterocycles. The van der Waals surface area contributed by atoms with Gasteiger partial charge in [-0.2, -0.15) is 10.5 Å². The number of halogens is 2. The van der Waals surface area contributed by atoms with Crippen molar-refractivity contribution in [3.63, 3.8) is 0 Å². The lowest BCUT2D eigenvalue weighted by Gasteiger charge is -2.43. The fourth-order valence-electron chi connectivity index (χ4n) is 3.99. The first-order valence-electron chi connectivity index (χ1n) is 10.0. The first-order valence-corrected chi connectivity index (χ1v) is 10.8. The van der Waals surface area contributed by atoms with Gasteiger partial charge in [-0.3, -0.25) is 4.90 Å². The minimum atomic E-state index is 0.0924. The Kier molecular flexibility index (Phi) is 6.44. The average molecular weight is 447 g/mol. The monoisotopic (exact) mass is 446 g/mol. The predicted molar refractivity (Wildman–Crippen MR) is 124 cm³/mol. The summed E-state index contributed by atoms with van der Waals surface area (Å²) in [6.45, 7) is 3.30. The van der Waals surface area contributed by atoms with Gasteiger partial charge in [-0.25, -0.2) is 0 Å². The van der Waals surface area contributed by atoms with Crippen LogP contribution in [-0.4, -0.2) is 24.5 Å². The fourth-order valence-corrected chi connectivity index (χ4v) is 4.41. The van der Waals surface area contributed by atoms with Gasteiger partial charge in [0.1, 0.15) is 0 Å². The molecule has 1 aliphatic rings. The van der Waals surface area contributed by atoms with E-state index in [0.29, 0.717) is 21.2 Å². The lowest BCUT2D eigenvalue weighted by atomic mass is 10.0. The molecule has 154 valence electrons. The van der Waals surface area contributed by atoms with Crippen LogP contribution in [-0.2, 0) is 6.54 Å². The first kappa shape index (κ1) is 21.2. The lowest BCUT2D eigenvalue weighted by molar-refractivity contribution is 0.215. The van der Waals surface area contributed by atoms with Crippen LogP contribution in [0.5, 0.6) is 0 Å². The third-order valence-corrected chi connectivity index (χ3v) is 6.15. The van der Waals surface area contributed by atoms with Crippen LogP contribution in [0.4, 0.5) is 5.69 Å². The van der Waals surface area contributed by atoms with Crippen molar-refractivity contribution in [1.82, 2.24) is 4.90 Å². The molecule has 3 aromatic carbocycles. The van der Waals surface area contributed by atoms with E-state index < -0.39 is 0 Å². The van der Waals surface area contributed by atoms with Crippen LogP contribution in [0.3, 0.4) is 0 Å². The van der Waals surface area contributed by atoms with Crippen molar-refractivity contribution in [3.05, 3.63) is 99.0 Å². The van der Waals surface area contributed by atoms with E-state index in [1.54, 1.807) is 6.07 Å². The zero-order valence-electron chi connectivity index (χ0n) is 16.8. The highest BCUT2D eigenvalue weighted by molar-refractivity contribution is 6.33. The first-order chi connectivity index (χ1) is 15.1. The van der Waals surface area contributed by atoms with Gasteiger partial charge < -0.3 is 4.90 Å². The summed E-state index contributed by atoms with van der Waals surface area (Å²) in [6.07, 6.45) is 0. The summed E-state index contributed by atoms with van der Waals surface area (Å²) < 4.78 is 0. The second kappa shape index (κ2) is 9.41. The number of nitrogens with zero attached hydrogens (tertiary/aromatic N) is 4. The third kappa shape index (κ3) is 4.84. The summed E-state index contributed by atoms with van der Waals surface area (Å²) in [5, 5.41) is 19.5. The number of benzene rings is 3. The van der Waals surface area contributed by atoms with Gasteiger partial charge >= 0.3 is 0 Å². The molecular formula is C25H20Cl2N4. The highest BCUT2D eigenvalue weighted by atomic mass is 35.5. The number of rotatable bonds is 4. The Hall–Kier alpha value is -3.02. The van der Waals surface area contributed by atoms with Crippen molar-refractivity contribution in [3.8, 4) is 12.1 Å². The average Bonchev–Trinajstić information content (AvgIpc) is 2.80. The molecule has 0 amide bonds. The Bertz CT molecular complexity index is 1140. The van der Waals surface area contributed by atoms with Gasteiger partial charge in [0.15, 0.2) is 0 Å². The molecule has 1 aliphatic heterocycles. The van der Waals surface area contributed by atoms with Crippen molar-refractivity contribution in [2.24, 2.45) is 0 Å². The fraction of sp³-hybridized carbons (Fsp3) is 0.200. The molecule has 0 aliphatic carbocycles. The second-order valence-electron chi connectivity index (χ2n) is 7.58. The van der Waals surface area contributed by atoms with Crippen molar-refractivity contribution in [1.29, 1.82) is 10.5 Å². The maximum absolute atomic E-state index is 9.17. The van der Waals surface area contributed by atoms with Gasteiger partial charge in [0.2, 0.25) is 0 Å². The number of hydrogen-bond donors (Lipinski definition) is 0. The summed E-state index contributed by atoms with van der Waals surface area (Å²) in [7, 11) is 0. The Morgan fingerprint density at radius 3 is 2.16 bits per heavy atom. The quantitative estimate of drug-likeness (QED) is 0.507. The summed E-state index contributed by atoms with van der Waals surface area (Å²) in [6, 6.07) is 25.5. The Labute approximate surface area is 192 Å². The summed E-state index contributed by atoms with van der Waals surface area (Å²) in [5.41, 5.74) is 4.49. The maximum atomic E-state index is 9.17. The topological polar surface area (TPSA) is 54.1 Å². The van der Waals surface area contributed by atoms with Crippen LogP contribution < -0.4 is 4.90 Å². The van der Waals surface area contributed by atoms with Crippen LogP contribution in [0.15, 0.2) is 66.7 Å². The summed E-state index contributed by atoms with van der Waals surface area (Å²) in [5.74, 6) is 0. The molecular weight excluding hydrogens is 427 g/mol. The minimum absolute atomic E-state index is 0.0924. The Balaban J connectivity index is 1.61. The second-order valence-corrected chi connectivity index (χ2v) is 8.43. The smallest absolute Gasteiger partial charge is 0.0992 e. The molecule has 1 fully saturated rings. The number of piperazine rings is 1. The molecule has 6 heteroatoms. The standard InChI is InChI=1S/C25H20Cl2N4/c26-22-8-6-21(7-9-22)25-17-30(16-19-3-1-18(14-28)2-4-19)11-12-31(25)24-10-5-20(15-29)13-23(24)27/h1-10,13,25H,11-12,16-17H2. The molecule has 31 heavy (non-hydrogen) atoms. The largest absolute Gasteiger partial charge is 0.361 e. The highest BCUT2D eigenvalue weighted by Crippen LogP contribution is 2.36. The van der Waals surface area contributed by atoms with E-state index in [9.17, 15) is 0 Å². The van der Waals surface area contributed by atoms with Crippen molar-refractivity contribution < 1.29 is 0 Å². The van der Waals surface area contributed by atoms with Gasteiger partial charge in [0.05, 0.1) is 40.0 Å². The van der Waals surface area contributed by atoms with Crippen molar-refractivity contribution >= 4 is 28.9 Å². The number of hydrogen-bond acceptors (Lipinski definition) is 4. The lowest BCUT2D eigenvalue weighted by Crippen LogP contribution is -2.48. The zero-order chi connectivity index (χ0) is 21.8. The van der Waals surface area contributed by atoms with Crippen LogP contribution in [0.2, 0.25) is 10.0 Å². The summed E-state index contributed by atoms with van der Waals surface area (Å²) >= 11 is 12.7. The van der Waals surface area contributed by atoms with Gasteiger partial charge in [-0.05, 0) is 53.6 Å². The van der Waals surface area contributed by atoms with E-state index >= 15 is 0 Å². The van der Waals surface area contributed by atoms with Gasteiger partial charge in [0.25, 0.3) is 0 Å². The molecule has 1 heterocycles. The minimum Gasteiger partial charge on any atom is -0.361 e. The van der Waals surface area contributed by atoms with E-state index in [4.69, 9.17) is 33.7 Å². The van der Waals surface area contributed by atoms with E-state index in [2.05, 4.69) is 34.1 Å². The van der Waals surface area contributed by atoms with Gasteiger partial charge in [0, 0.05) is 31.2 Å². The summed E-state index contributed by atoms with van der Waals surface area (Å²) in [4.78, 5) is 4.72. The normalized spacial score (nSPS) is 16.5. The van der Waals surface area contributed by atoms with E-state index in [0.717, 1.165) is 37.4 Å². The molecule has 3 aromatic rings. The predicted octanol–water partition coefficient (Wildman–Crippen LogP) is 5.80. The van der Waals surface area contributed by atoms with E-state index in [1.165, 1.54) is 5.56 Å². The van der Waals surface area contributed by atoms with Gasteiger partial charge in [-0.15, -0.1) is 0 Å². The molecule has 0 spiro atoms. The maximum Gasteiger partial charge on any atom is 0.0992 e. The molecule has 1 unspecified atom stereocenters. The number of nitriles is 2. The highest BCUT2D eigenvalue weighted by Gasteiger charge is 2.29. The SMILES string of the molecule is N#Cc1ccc(CN2CCN(c3ccc(C#N)cc3Cl)C(c3ccc(Cl)cc3)C2)cc1. The van der Waals surface area contributed by atoms with Crippen LogP contribution >= 0.6 is 23.2 Å². The van der Waals surface area contributed by atoms with Crippen LogP contribution in [0.1, 0.15) is 28.3 Å². The molecule has 4 nitrogen and oxygen atoms in total. The van der Waals surface area contributed by atoms with Crippen molar-refractivity contribution in [2.75, 3.05) is 24.5 Å².